The number of benzene rings is 2. The van der Waals surface area contributed by atoms with E-state index in [-0.39, 0.29) is 11.5 Å². The van der Waals surface area contributed by atoms with Crippen LogP contribution in [-0.2, 0) is 4.79 Å². The van der Waals surface area contributed by atoms with Crippen LogP contribution in [0.5, 0.6) is 0 Å². The standard InChI is InChI=1S/C25H28ClN3O2S/c26-18-9-8-12-20(17-18)29-24(31)21-13-4-5-14-22(21)28-25(29)32-16-7-6-15-23(30)27-19-10-2-1-3-11-19/h4-5,8-9,12-14,17,19H,1-3,6-7,10-11,15-16H2,(H,27,30). The third-order valence-electron chi connectivity index (χ3n) is 5.81. The first-order valence-corrected chi connectivity index (χ1v) is 12.7. The number of nitrogens with zero attached hydrogens (tertiary/aromatic N) is 2. The summed E-state index contributed by atoms with van der Waals surface area (Å²) < 4.78 is 1.63. The zero-order chi connectivity index (χ0) is 22.3. The minimum Gasteiger partial charge on any atom is -0.353 e. The lowest BCUT2D eigenvalue weighted by Gasteiger charge is -2.22. The highest BCUT2D eigenvalue weighted by atomic mass is 35.5. The van der Waals surface area contributed by atoms with Gasteiger partial charge in [0.15, 0.2) is 5.16 Å². The Kier molecular flexibility index (Phi) is 7.87. The zero-order valence-corrected chi connectivity index (χ0v) is 19.6. The molecule has 1 N–H and O–H groups in total. The highest BCUT2D eigenvalue weighted by molar-refractivity contribution is 7.99. The molecule has 1 aliphatic rings. The summed E-state index contributed by atoms with van der Waals surface area (Å²) >= 11 is 7.72. The second-order valence-corrected chi connectivity index (χ2v) is 9.74. The molecule has 4 rings (SSSR count). The summed E-state index contributed by atoms with van der Waals surface area (Å²) in [6, 6.07) is 15.0. The Morgan fingerprint density at radius 1 is 1.09 bits per heavy atom. The van der Waals surface area contributed by atoms with E-state index < -0.39 is 0 Å². The lowest BCUT2D eigenvalue weighted by atomic mass is 9.95. The molecule has 1 heterocycles. The van der Waals surface area contributed by atoms with Gasteiger partial charge in [0.05, 0.1) is 16.6 Å². The van der Waals surface area contributed by atoms with E-state index in [1.165, 1.54) is 19.3 Å². The molecule has 3 aromatic rings. The number of fused-ring (bicyclic) bond motifs is 1. The molecule has 0 spiro atoms. The highest BCUT2D eigenvalue weighted by Crippen LogP contribution is 2.24. The van der Waals surface area contributed by atoms with Crippen molar-refractivity contribution in [2.24, 2.45) is 0 Å². The molecular weight excluding hydrogens is 442 g/mol. The van der Waals surface area contributed by atoms with Gasteiger partial charge in [-0.2, -0.15) is 0 Å². The maximum atomic E-state index is 13.2. The van der Waals surface area contributed by atoms with Crippen molar-refractivity contribution in [3.05, 3.63) is 63.9 Å². The molecule has 1 amide bonds. The molecule has 0 aliphatic heterocycles. The van der Waals surface area contributed by atoms with Gasteiger partial charge in [0.1, 0.15) is 0 Å². The summed E-state index contributed by atoms with van der Waals surface area (Å²) in [6.07, 6.45) is 8.17. The molecule has 1 aromatic heterocycles. The fraction of sp³-hybridized carbons (Fsp3) is 0.400. The summed E-state index contributed by atoms with van der Waals surface area (Å²) in [7, 11) is 0. The molecule has 168 valence electrons. The fourth-order valence-corrected chi connectivity index (χ4v) is 5.35. The van der Waals surface area contributed by atoms with Gasteiger partial charge in [-0.1, -0.05) is 60.8 Å². The molecule has 5 nitrogen and oxygen atoms in total. The minimum absolute atomic E-state index is 0.104. The lowest BCUT2D eigenvalue weighted by molar-refractivity contribution is -0.122. The maximum Gasteiger partial charge on any atom is 0.266 e. The molecular formula is C25H28ClN3O2S. The molecule has 2 aromatic carbocycles. The van der Waals surface area contributed by atoms with Crippen molar-refractivity contribution >= 4 is 40.2 Å². The maximum absolute atomic E-state index is 13.2. The molecule has 0 saturated heterocycles. The smallest absolute Gasteiger partial charge is 0.266 e. The number of carbonyl (C=O) groups excluding carboxylic acids is 1. The Balaban J connectivity index is 1.41. The van der Waals surface area contributed by atoms with Crippen molar-refractivity contribution in [1.29, 1.82) is 0 Å². The van der Waals surface area contributed by atoms with E-state index in [0.717, 1.165) is 31.4 Å². The number of carbonyl (C=O) groups is 1. The number of aromatic nitrogens is 2. The zero-order valence-electron chi connectivity index (χ0n) is 18.1. The quantitative estimate of drug-likeness (QED) is 0.259. The second-order valence-electron chi connectivity index (χ2n) is 8.24. The van der Waals surface area contributed by atoms with E-state index in [1.807, 2.05) is 30.3 Å². The Morgan fingerprint density at radius 3 is 2.72 bits per heavy atom. The Labute approximate surface area is 197 Å². The molecule has 1 saturated carbocycles. The summed E-state index contributed by atoms with van der Waals surface area (Å²) in [5.41, 5.74) is 1.28. The number of hydrogen-bond acceptors (Lipinski definition) is 4. The van der Waals surface area contributed by atoms with Crippen LogP contribution in [0.2, 0.25) is 5.02 Å². The number of halogens is 1. The van der Waals surface area contributed by atoms with Gasteiger partial charge in [-0.3, -0.25) is 14.2 Å². The molecule has 0 bridgehead atoms. The molecule has 1 fully saturated rings. The number of amides is 1. The Morgan fingerprint density at radius 2 is 1.91 bits per heavy atom. The van der Waals surface area contributed by atoms with Gasteiger partial charge in [-0.05, 0) is 56.0 Å². The molecule has 32 heavy (non-hydrogen) atoms. The summed E-state index contributed by atoms with van der Waals surface area (Å²) in [5, 5.41) is 4.97. The van der Waals surface area contributed by atoms with Crippen LogP contribution < -0.4 is 10.9 Å². The fourth-order valence-electron chi connectivity index (χ4n) is 4.15. The van der Waals surface area contributed by atoms with Crippen LogP contribution in [0.3, 0.4) is 0 Å². The summed E-state index contributed by atoms with van der Waals surface area (Å²) in [5.74, 6) is 0.934. The van der Waals surface area contributed by atoms with Crippen molar-refractivity contribution in [2.45, 2.75) is 62.6 Å². The van der Waals surface area contributed by atoms with Gasteiger partial charge in [-0.15, -0.1) is 0 Å². The van der Waals surface area contributed by atoms with Crippen LogP contribution in [0.1, 0.15) is 51.4 Å². The van der Waals surface area contributed by atoms with Crippen molar-refractivity contribution in [3.8, 4) is 5.69 Å². The summed E-state index contributed by atoms with van der Waals surface area (Å²) in [4.78, 5) is 30.2. The molecule has 0 atom stereocenters. The van der Waals surface area contributed by atoms with Gasteiger partial charge in [0.25, 0.3) is 5.56 Å². The first-order valence-electron chi connectivity index (χ1n) is 11.3. The largest absolute Gasteiger partial charge is 0.353 e. The average molecular weight is 470 g/mol. The van der Waals surface area contributed by atoms with Crippen molar-refractivity contribution in [1.82, 2.24) is 14.9 Å². The Bertz CT molecular complexity index is 1140. The van der Waals surface area contributed by atoms with Gasteiger partial charge < -0.3 is 5.32 Å². The number of para-hydroxylation sites is 1. The van der Waals surface area contributed by atoms with Gasteiger partial charge in [-0.25, -0.2) is 4.98 Å². The van der Waals surface area contributed by atoms with Gasteiger partial charge >= 0.3 is 0 Å². The predicted molar refractivity (Wildman–Crippen MR) is 132 cm³/mol. The van der Waals surface area contributed by atoms with E-state index in [2.05, 4.69) is 5.32 Å². The van der Waals surface area contributed by atoms with Crippen molar-refractivity contribution in [2.75, 3.05) is 5.75 Å². The van der Waals surface area contributed by atoms with E-state index in [4.69, 9.17) is 16.6 Å². The predicted octanol–water partition coefficient (Wildman–Crippen LogP) is 5.75. The molecule has 0 radical (unpaired) electrons. The van der Waals surface area contributed by atoms with Crippen molar-refractivity contribution < 1.29 is 4.79 Å². The number of hydrogen-bond donors (Lipinski definition) is 1. The molecule has 7 heteroatoms. The van der Waals surface area contributed by atoms with E-state index in [0.29, 0.717) is 39.2 Å². The second kappa shape index (κ2) is 11.0. The van der Waals surface area contributed by atoms with Crippen LogP contribution in [0, 0.1) is 0 Å². The van der Waals surface area contributed by atoms with Gasteiger partial charge in [0, 0.05) is 23.2 Å². The number of thioether (sulfide) groups is 1. The SMILES string of the molecule is O=C(CCCCSc1nc2ccccc2c(=O)n1-c1cccc(Cl)c1)NC1CCCCC1. The number of nitrogens with one attached hydrogen (secondary N) is 1. The molecule has 0 unspecified atom stereocenters. The lowest BCUT2D eigenvalue weighted by Crippen LogP contribution is -2.35. The highest BCUT2D eigenvalue weighted by Gasteiger charge is 2.16. The van der Waals surface area contributed by atoms with Crippen LogP contribution >= 0.6 is 23.4 Å². The van der Waals surface area contributed by atoms with E-state index in [1.54, 1.807) is 34.5 Å². The topological polar surface area (TPSA) is 64.0 Å². The summed E-state index contributed by atoms with van der Waals surface area (Å²) in [6.45, 7) is 0. The van der Waals surface area contributed by atoms with E-state index in [9.17, 15) is 9.59 Å². The van der Waals surface area contributed by atoms with Crippen LogP contribution in [0.4, 0.5) is 0 Å². The average Bonchev–Trinajstić information content (AvgIpc) is 2.79. The first-order chi connectivity index (χ1) is 15.6. The molecule has 1 aliphatic carbocycles. The van der Waals surface area contributed by atoms with Crippen LogP contribution in [-0.4, -0.2) is 27.3 Å². The number of unbranched alkanes of at least 4 members (excludes halogenated alkanes) is 1. The Hall–Kier alpha value is -2.31. The third kappa shape index (κ3) is 5.73. The number of rotatable bonds is 8. The van der Waals surface area contributed by atoms with Crippen molar-refractivity contribution in [3.63, 3.8) is 0 Å². The minimum atomic E-state index is -0.104. The van der Waals surface area contributed by atoms with Crippen LogP contribution in [0.25, 0.3) is 16.6 Å². The van der Waals surface area contributed by atoms with Gasteiger partial charge in [0.2, 0.25) is 5.91 Å². The third-order valence-corrected chi connectivity index (χ3v) is 7.07. The van der Waals surface area contributed by atoms with E-state index >= 15 is 0 Å². The van der Waals surface area contributed by atoms with Crippen LogP contribution in [0.15, 0.2) is 58.5 Å². The first kappa shape index (κ1) is 22.9. The normalized spacial score (nSPS) is 14.5. The monoisotopic (exact) mass is 469 g/mol.